The van der Waals surface area contributed by atoms with Crippen LogP contribution in [-0.2, 0) is 21.2 Å². The fourth-order valence-corrected chi connectivity index (χ4v) is 4.29. The summed E-state index contributed by atoms with van der Waals surface area (Å²) in [6.45, 7) is 2.72. The van der Waals surface area contributed by atoms with Crippen molar-refractivity contribution in [2.45, 2.75) is 37.0 Å². The zero-order chi connectivity index (χ0) is 17.2. The van der Waals surface area contributed by atoms with Crippen molar-refractivity contribution in [2.24, 2.45) is 5.92 Å². The van der Waals surface area contributed by atoms with Gasteiger partial charge in [-0.15, -0.1) is 0 Å². The van der Waals surface area contributed by atoms with Crippen molar-refractivity contribution in [2.75, 3.05) is 31.6 Å². The lowest BCUT2D eigenvalue weighted by Gasteiger charge is -2.24. The number of amides is 1. The van der Waals surface area contributed by atoms with E-state index >= 15 is 0 Å². The van der Waals surface area contributed by atoms with E-state index < -0.39 is 10.0 Å². The Labute approximate surface area is 143 Å². The maximum absolute atomic E-state index is 12.6. The number of carbonyl (C=O) groups excluding carboxylic acids is 1. The Hall–Kier alpha value is -1.44. The number of hydrogen-bond donors (Lipinski definition) is 2. The van der Waals surface area contributed by atoms with Crippen LogP contribution >= 0.6 is 0 Å². The molecule has 0 unspecified atom stereocenters. The highest BCUT2D eigenvalue weighted by molar-refractivity contribution is 7.89. The van der Waals surface area contributed by atoms with Crippen LogP contribution in [0.5, 0.6) is 0 Å². The van der Waals surface area contributed by atoms with Crippen LogP contribution in [0, 0.1) is 5.92 Å². The number of piperidine rings is 1. The van der Waals surface area contributed by atoms with Gasteiger partial charge < -0.3 is 10.2 Å². The first-order valence-corrected chi connectivity index (χ1v) is 10.1. The van der Waals surface area contributed by atoms with E-state index in [1.54, 1.807) is 17.0 Å². The molecule has 0 aliphatic carbocycles. The number of fused-ring (bicyclic) bond motifs is 1. The van der Waals surface area contributed by atoms with Crippen molar-refractivity contribution in [3.63, 3.8) is 0 Å². The smallest absolute Gasteiger partial charge is 0.240 e. The molecule has 2 aliphatic rings. The zero-order valence-electron chi connectivity index (χ0n) is 14.0. The molecule has 0 saturated carbocycles. The molecular formula is C17H25N3O3S. The molecule has 24 heavy (non-hydrogen) atoms. The van der Waals surface area contributed by atoms with Gasteiger partial charge in [-0.2, -0.15) is 0 Å². The number of nitrogens with one attached hydrogen (secondary N) is 2. The van der Waals surface area contributed by atoms with E-state index in [-0.39, 0.29) is 10.8 Å². The molecule has 132 valence electrons. The Bertz CT molecular complexity index is 712. The van der Waals surface area contributed by atoms with Crippen molar-refractivity contribution in [1.29, 1.82) is 0 Å². The number of rotatable bonds is 5. The van der Waals surface area contributed by atoms with Gasteiger partial charge >= 0.3 is 0 Å². The topological polar surface area (TPSA) is 78.5 Å². The van der Waals surface area contributed by atoms with Gasteiger partial charge in [-0.25, -0.2) is 13.1 Å². The molecular weight excluding hydrogens is 326 g/mol. The van der Waals surface area contributed by atoms with Gasteiger partial charge in [0.15, 0.2) is 0 Å². The van der Waals surface area contributed by atoms with Gasteiger partial charge in [0.1, 0.15) is 0 Å². The van der Waals surface area contributed by atoms with Crippen LogP contribution in [0.1, 0.15) is 31.2 Å². The summed E-state index contributed by atoms with van der Waals surface area (Å²) in [4.78, 5) is 14.6. The number of hydrogen-bond acceptors (Lipinski definition) is 4. The minimum absolute atomic E-state index is 0.103. The van der Waals surface area contributed by atoms with Gasteiger partial charge in [0.2, 0.25) is 15.9 Å². The van der Waals surface area contributed by atoms with Crippen LogP contribution < -0.4 is 14.9 Å². The summed E-state index contributed by atoms with van der Waals surface area (Å²) in [6, 6.07) is 5.05. The number of sulfonamides is 1. The van der Waals surface area contributed by atoms with Crippen molar-refractivity contribution >= 4 is 21.6 Å². The molecule has 0 spiro atoms. The minimum atomic E-state index is -3.49. The summed E-state index contributed by atoms with van der Waals surface area (Å²) in [5.41, 5.74) is 1.79. The number of benzene rings is 1. The van der Waals surface area contributed by atoms with E-state index in [4.69, 9.17) is 0 Å². The highest BCUT2D eigenvalue weighted by atomic mass is 32.2. The standard InChI is InChI=1S/C17H25N3O3S/c1-18-24(22,23)15-4-3-14-8-11-20(16(14)12-15)17(21)5-2-13-6-9-19-10-7-13/h3-4,12-13,18-19H,2,5-11H2,1H3. The van der Waals surface area contributed by atoms with Crippen LogP contribution in [-0.4, -0.2) is 41.0 Å². The minimum Gasteiger partial charge on any atom is -0.317 e. The Morgan fingerprint density at radius 1 is 1.33 bits per heavy atom. The van der Waals surface area contributed by atoms with Gasteiger partial charge in [-0.3, -0.25) is 4.79 Å². The molecule has 2 aliphatic heterocycles. The second kappa shape index (κ2) is 7.21. The normalized spacial score (nSPS) is 18.6. The summed E-state index contributed by atoms with van der Waals surface area (Å²) in [5, 5.41) is 3.34. The zero-order valence-corrected chi connectivity index (χ0v) is 14.9. The maximum atomic E-state index is 12.6. The molecule has 1 amide bonds. The third-order valence-electron chi connectivity index (χ3n) is 5.06. The first-order chi connectivity index (χ1) is 11.5. The van der Waals surface area contributed by atoms with Gasteiger partial charge in [0.25, 0.3) is 0 Å². The second-order valence-electron chi connectivity index (χ2n) is 6.53. The monoisotopic (exact) mass is 351 g/mol. The van der Waals surface area contributed by atoms with E-state index in [9.17, 15) is 13.2 Å². The average molecular weight is 351 g/mol. The Morgan fingerprint density at radius 3 is 2.79 bits per heavy atom. The Morgan fingerprint density at radius 2 is 2.08 bits per heavy atom. The predicted molar refractivity (Wildman–Crippen MR) is 93.6 cm³/mol. The van der Waals surface area contributed by atoms with E-state index in [0.29, 0.717) is 18.9 Å². The summed E-state index contributed by atoms with van der Waals surface area (Å²) >= 11 is 0. The lowest BCUT2D eigenvalue weighted by Crippen LogP contribution is -2.31. The molecule has 1 fully saturated rings. The lowest BCUT2D eigenvalue weighted by molar-refractivity contribution is -0.118. The van der Waals surface area contributed by atoms with Crippen LogP contribution in [0.15, 0.2) is 23.1 Å². The van der Waals surface area contributed by atoms with E-state index in [1.807, 2.05) is 6.07 Å². The molecule has 1 saturated heterocycles. The van der Waals surface area contributed by atoms with Crippen LogP contribution in [0.2, 0.25) is 0 Å². The van der Waals surface area contributed by atoms with Gasteiger partial charge in [-0.05, 0) is 69.4 Å². The summed E-state index contributed by atoms with van der Waals surface area (Å²) in [7, 11) is -2.10. The van der Waals surface area contributed by atoms with Crippen LogP contribution in [0.25, 0.3) is 0 Å². The van der Waals surface area contributed by atoms with Crippen molar-refractivity contribution in [3.05, 3.63) is 23.8 Å². The highest BCUT2D eigenvalue weighted by Crippen LogP contribution is 2.31. The SMILES string of the molecule is CNS(=O)(=O)c1ccc2c(c1)N(C(=O)CCC1CCNCC1)CC2. The molecule has 0 aromatic heterocycles. The molecule has 0 bridgehead atoms. The van der Waals surface area contributed by atoms with Gasteiger partial charge in [0, 0.05) is 18.7 Å². The Balaban J connectivity index is 1.70. The fraction of sp³-hybridized carbons (Fsp3) is 0.588. The molecule has 2 N–H and O–H groups in total. The molecule has 0 radical (unpaired) electrons. The van der Waals surface area contributed by atoms with Crippen LogP contribution in [0.3, 0.4) is 0 Å². The van der Waals surface area contributed by atoms with Gasteiger partial charge in [-0.1, -0.05) is 6.07 Å². The molecule has 7 heteroatoms. The van der Waals surface area contributed by atoms with Crippen molar-refractivity contribution < 1.29 is 13.2 Å². The Kier molecular flexibility index (Phi) is 5.22. The average Bonchev–Trinajstić information content (AvgIpc) is 3.04. The number of carbonyl (C=O) groups is 1. The molecule has 0 atom stereocenters. The summed E-state index contributed by atoms with van der Waals surface area (Å²) in [5.74, 6) is 0.722. The quantitative estimate of drug-likeness (QED) is 0.837. The van der Waals surface area contributed by atoms with E-state index in [1.165, 1.54) is 7.05 Å². The number of nitrogens with zero attached hydrogens (tertiary/aromatic N) is 1. The molecule has 3 rings (SSSR count). The second-order valence-corrected chi connectivity index (χ2v) is 8.41. The van der Waals surface area contributed by atoms with Crippen molar-refractivity contribution in [3.8, 4) is 0 Å². The summed E-state index contributed by atoms with van der Waals surface area (Å²) < 4.78 is 26.3. The first-order valence-electron chi connectivity index (χ1n) is 8.59. The fourth-order valence-electron chi connectivity index (χ4n) is 3.54. The largest absolute Gasteiger partial charge is 0.317 e. The number of anilines is 1. The van der Waals surface area contributed by atoms with E-state index in [0.717, 1.165) is 50.0 Å². The molecule has 2 heterocycles. The third kappa shape index (κ3) is 3.63. The van der Waals surface area contributed by atoms with Gasteiger partial charge in [0.05, 0.1) is 4.90 Å². The van der Waals surface area contributed by atoms with E-state index in [2.05, 4.69) is 10.0 Å². The highest BCUT2D eigenvalue weighted by Gasteiger charge is 2.27. The molecule has 1 aromatic rings. The molecule has 6 nitrogen and oxygen atoms in total. The van der Waals surface area contributed by atoms with Crippen LogP contribution in [0.4, 0.5) is 5.69 Å². The maximum Gasteiger partial charge on any atom is 0.240 e. The predicted octanol–water partition coefficient (Wildman–Crippen LogP) is 1.26. The molecule has 1 aromatic carbocycles. The first kappa shape index (κ1) is 17.4. The van der Waals surface area contributed by atoms with Crippen molar-refractivity contribution in [1.82, 2.24) is 10.0 Å². The summed E-state index contributed by atoms with van der Waals surface area (Å²) in [6.07, 6.45) is 4.51. The lowest BCUT2D eigenvalue weighted by atomic mass is 9.93. The third-order valence-corrected chi connectivity index (χ3v) is 6.47.